The standard InChI is InChI=1S/C27H25N3O5S/c1-30(22-8-4-2-5-9-22)27(31)35-24-14-12-21(13-15-24)18-19-29-36(32,33)25-16-17-26(28-20-25)34-23-10-6-3-7-11-23/h2-17,20,29H,18-19H2,1H3. The molecule has 184 valence electrons. The molecule has 4 aromatic rings. The Morgan fingerprint density at radius 3 is 2.17 bits per heavy atom. The van der Waals surface area contributed by atoms with Gasteiger partial charge in [-0.3, -0.25) is 4.90 Å². The highest BCUT2D eigenvalue weighted by atomic mass is 32.2. The third-order valence-electron chi connectivity index (χ3n) is 5.24. The van der Waals surface area contributed by atoms with E-state index in [1.54, 1.807) is 43.4 Å². The number of hydrogen-bond acceptors (Lipinski definition) is 6. The second-order valence-electron chi connectivity index (χ2n) is 7.80. The number of amides is 1. The van der Waals surface area contributed by atoms with E-state index < -0.39 is 16.1 Å². The maximum Gasteiger partial charge on any atom is 0.419 e. The molecule has 0 atom stereocenters. The number of ether oxygens (including phenoxy) is 2. The number of aromatic nitrogens is 1. The van der Waals surface area contributed by atoms with Gasteiger partial charge in [-0.1, -0.05) is 48.5 Å². The number of pyridine rings is 1. The summed E-state index contributed by atoms with van der Waals surface area (Å²) in [6.07, 6.45) is 1.21. The van der Waals surface area contributed by atoms with Crippen LogP contribution in [0.15, 0.2) is 108 Å². The molecular formula is C27H25N3O5S. The second kappa shape index (κ2) is 11.5. The van der Waals surface area contributed by atoms with Crippen LogP contribution in [0.2, 0.25) is 0 Å². The maximum absolute atomic E-state index is 12.6. The Kier molecular flexibility index (Phi) is 7.94. The molecule has 0 aliphatic heterocycles. The van der Waals surface area contributed by atoms with Gasteiger partial charge in [-0.2, -0.15) is 0 Å². The van der Waals surface area contributed by atoms with Gasteiger partial charge in [0, 0.05) is 25.3 Å². The molecule has 4 rings (SSSR count). The van der Waals surface area contributed by atoms with Gasteiger partial charge in [0.2, 0.25) is 15.9 Å². The van der Waals surface area contributed by atoms with E-state index >= 15 is 0 Å². The lowest BCUT2D eigenvalue weighted by molar-refractivity contribution is 0.209. The zero-order valence-electron chi connectivity index (χ0n) is 19.6. The molecule has 1 amide bonds. The first kappa shape index (κ1) is 24.9. The summed E-state index contributed by atoms with van der Waals surface area (Å²) in [5, 5.41) is 0. The van der Waals surface area contributed by atoms with Crippen LogP contribution in [0.3, 0.4) is 0 Å². The van der Waals surface area contributed by atoms with Gasteiger partial charge in [0.25, 0.3) is 0 Å². The van der Waals surface area contributed by atoms with Crippen molar-refractivity contribution in [2.45, 2.75) is 11.3 Å². The first-order valence-corrected chi connectivity index (χ1v) is 12.7. The normalized spacial score (nSPS) is 11.0. The number of para-hydroxylation sites is 2. The molecule has 0 aliphatic rings. The van der Waals surface area contributed by atoms with Crippen molar-refractivity contribution in [2.24, 2.45) is 0 Å². The van der Waals surface area contributed by atoms with Crippen LogP contribution in [0.25, 0.3) is 0 Å². The molecule has 9 heteroatoms. The van der Waals surface area contributed by atoms with Crippen molar-refractivity contribution >= 4 is 21.8 Å². The van der Waals surface area contributed by atoms with Crippen molar-refractivity contribution in [3.05, 3.63) is 109 Å². The number of sulfonamides is 1. The van der Waals surface area contributed by atoms with Crippen molar-refractivity contribution in [3.8, 4) is 17.4 Å². The predicted molar refractivity (Wildman–Crippen MR) is 137 cm³/mol. The van der Waals surface area contributed by atoms with E-state index in [9.17, 15) is 13.2 Å². The number of nitrogens with one attached hydrogen (secondary N) is 1. The van der Waals surface area contributed by atoms with Gasteiger partial charge in [0.15, 0.2) is 0 Å². The van der Waals surface area contributed by atoms with Gasteiger partial charge in [-0.25, -0.2) is 22.9 Å². The molecule has 3 aromatic carbocycles. The zero-order valence-corrected chi connectivity index (χ0v) is 20.4. The zero-order chi connectivity index (χ0) is 25.4. The topological polar surface area (TPSA) is 97.8 Å². The molecule has 0 saturated carbocycles. The number of anilines is 1. The molecule has 0 saturated heterocycles. The van der Waals surface area contributed by atoms with Gasteiger partial charge in [0.1, 0.15) is 16.4 Å². The number of carbonyl (C=O) groups is 1. The summed E-state index contributed by atoms with van der Waals surface area (Å²) in [5.41, 5.74) is 1.61. The molecule has 8 nitrogen and oxygen atoms in total. The fourth-order valence-corrected chi connectivity index (χ4v) is 4.23. The summed E-state index contributed by atoms with van der Waals surface area (Å²) in [7, 11) is -2.09. The minimum absolute atomic E-state index is 0.0488. The highest BCUT2D eigenvalue weighted by molar-refractivity contribution is 7.89. The van der Waals surface area contributed by atoms with Crippen LogP contribution in [0, 0.1) is 0 Å². The summed E-state index contributed by atoms with van der Waals surface area (Å²) in [6.45, 7) is 0.195. The highest BCUT2D eigenvalue weighted by Gasteiger charge is 2.15. The first-order valence-electron chi connectivity index (χ1n) is 11.2. The average molecular weight is 504 g/mol. The molecule has 0 fully saturated rings. The summed E-state index contributed by atoms with van der Waals surface area (Å²) in [6, 6.07) is 28.2. The summed E-state index contributed by atoms with van der Waals surface area (Å²) >= 11 is 0. The second-order valence-corrected chi connectivity index (χ2v) is 9.57. The Morgan fingerprint density at radius 1 is 0.861 bits per heavy atom. The number of rotatable bonds is 9. The van der Waals surface area contributed by atoms with Gasteiger partial charge in [-0.05, 0) is 54.4 Å². The summed E-state index contributed by atoms with van der Waals surface area (Å²) in [5.74, 6) is 1.31. The van der Waals surface area contributed by atoms with Crippen LogP contribution in [0.4, 0.5) is 10.5 Å². The Hall–Kier alpha value is -4.21. The van der Waals surface area contributed by atoms with Crippen LogP contribution >= 0.6 is 0 Å². The molecule has 0 aliphatic carbocycles. The molecule has 0 unspecified atom stereocenters. The SMILES string of the molecule is CN(C(=O)Oc1ccc(CCNS(=O)(=O)c2ccc(Oc3ccccc3)nc2)cc1)c1ccccc1. The Labute approximate surface area is 210 Å². The van der Waals surface area contributed by atoms with E-state index in [2.05, 4.69) is 9.71 Å². The fourth-order valence-electron chi connectivity index (χ4n) is 3.26. The molecule has 0 bridgehead atoms. The van der Waals surface area contributed by atoms with Crippen LogP contribution < -0.4 is 19.1 Å². The molecule has 36 heavy (non-hydrogen) atoms. The first-order chi connectivity index (χ1) is 17.4. The van der Waals surface area contributed by atoms with Crippen molar-refractivity contribution in [2.75, 3.05) is 18.5 Å². The highest BCUT2D eigenvalue weighted by Crippen LogP contribution is 2.20. The average Bonchev–Trinajstić information content (AvgIpc) is 2.90. The van der Waals surface area contributed by atoms with Gasteiger partial charge >= 0.3 is 6.09 Å². The van der Waals surface area contributed by atoms with Gasteiger partial charge in [-0.15, -0.1) is 0 Å². The van der Waals surface area contributed by atoms with E-state index in [1.807, 2.05) is 48.5 Å². The smallest absolute Gasteiger partial charge is 0.419 e. The molecular weight excluding hydrogens is 478 g/mol. The summed E-state index contributed by atoms with van der Waals surface area (Å²) < 4.78 is 38.8. The monoisotopic (exact) mass is 503 g/mol. The van der Waals surface area contributed by atoms with Crippen LogP contribution in [0.5, 0.6) is 17.4 Å². The molecule has 1 aromatic heterocycles. The Bertz CT molecular complexity index is 1380. The lowest BCUT2D eigenvalue weighted by Gasteiger charge is -2.16. The van der Waals surface area contributed by atoms with Crippen LogP contribution in [-0.4, -0.2) is 33.1 Å². The van der Waals surface area contributed by atoms with Crippen molar-refractivity contribution in [3.63, 3.8) is 0 Å². The van der Waals surface area contributed by atoms with Crippen LogP contribution in [0.1, 0.15) is 5.56 Å². The third kappa shape index (κ3) is 6.68. The predicted octanol–water partition coefficient (Wildman–Crippen LogP) is 5.03. The molecule has 0 spiro atoms. The molecule has 1 heterocycles. The van der Waals surface area contributed by atoms with Crippen molar-refractivity contribution in [1.82, 2.24) is 9.71 Å². The number of hydrogen-bond donors (Lipinski definition) is 1. The minimum Gasteiger partial charge on any atom is -0.439 e. The van der Waals surface area contributed by atoms with E-state index in [0.29, 0.717) is 23.8 Å². The maximum atomic E-state index is 12.6. The summed E-state index contributed by atoms with van der Waals surface area (Å²) in [4.78, 5) is 17.9. The minimum atomic E-state index is -3.72. The Balaban J connectivity index is 1.27. The van der Waals surface area contributed by atoms with Crippen LogP contribution in [-0.2, 0) is 16.4 Å². The fraction of sp³-hybridized carbons (Fsp3) is 0.111. The number of benzene rings is 3. The lowest BCUT2D eigenvalue weighted by atomic mass is 10.1. The molecule has 0 radical (unpaired) electrons. The van der Waals surface area contributed by atoms with Gasteiger partial charge < -0.3 is 9.47 Å². The largest absolute Gasteiger partial charge is 0.439 e. The Morgan fingerprint density at radius 2 is 1.53 bits per heavy atom. The van der Waals surface area contributed by atoms with E-state index in [0.717, 1.165) is 11.3 Å². The third-order valence-corrected chi connectivity index (χ3v) is 6.68. The lowest BCUT2D eigenvalue weighted by Crippen LogP contribution is -2.29. The molecule has 1 N–H and O–H groups in total. The number of nitrogens with zero attached hydrogens (tertiary/aromatic N) is 2. The van der Waals surface area contributed by atoms with E-state index in [1.165, 1.54) is 23.2 Å². The van der Waals surface area contributed by atoms with Crippen molar-refractivity contribution in [1.29, 1.82) is 0 Å². The quantitative estimate of drug-likeness (QED) is 0.344. The van der Waals surface area contributed by atoms with E-state index in [-0.39, 0.29) is 11.4 Å². The number of carbonyl (C=O) groups excluding carboxylic acids is 1. The van der Waals surface area contributed by atoms with E-state index in [4.69, 9.17) is 9.47 Å². The van der Waals surface area contributed by atoms with Gasteiger partial charge in [0.05, 0.1) is 6.20 Å². The van der Waals surface area contributed by atoms with Crippen molar-refractivity contribution < 1.29 is 22.7 Å².